The molecule has 1 heterocycles. The smallest absolute Gasteiger partial charge is 0.161 e. The van der Waals surface area contributed by atoms with Gasteiger partial charge in [0.25, 0.3) is 0 Å². The number of carbonyl (C=O) groups excluding carboxylic acids is 1. The molecule has 0 aliphatic carbocycles. The van der Waals surface area contributed by atoms with Crippen LogP contribution in [0.5, 0.6) is 0 Å². The third-order valence-electron chi connectivity index (χ3n) is 2.27. The summed E-state index contributed by atoms with van der Waals surface area (Å²) in [6.07, 6.45) is 3.91. The van der Waals surface area contributed by atoms with Gasteiger partial charge in [-0.15, -0.1) is 0 Å². The summed E-state index contributed by atoms with van der Waals surface area (Å²) in [5.41, 5.74) is 0. The molecular formula is C9H16O2. The molecule has 2 unspecified atom stereocenters. The molecule has 0 aromatic rings. The average Bonchev–Trinajstić information content (AvgIpc) is 2.50. The van der Waals surface area contributed by atoms with Crippen molar-refractivity contribution in [1.82, 2.24) is 0 Å². The molecule has 0 amide bonds. The first-order valence-electron chi connectivity index (χ1n) is 4.46. The van der Waals surface area contributed by atoms with Crippen molar-refractivity contribution < 1.29 is 9.53 Å². The molecule has 1 saturated heterocycles. The van der Waals surface area contributed by atoms with Crippen molar-refractivity contribution in [2.75, 3.05) is 0 Å². The summed E-state index contributed by atoms with van der Waals surface area (Å²) >= 11 is 0. The number of hydrogen-bond donors (Lipinski definition) is 0. The van der Waals surface area contributed by atoms with Gasteiger partial charge in [0.2, 0.25) is 0 Å². The van der Waals surface area contributed by atoms with Crippen LogP contribution >= 0.6 is 0 Å². The van der Waals surface area contributed by atoms with Gasteiger partial charge in [-0.05, 0) is 19.3 Å². The summed E-state index contributed by atoms with van der Waals surface area (Å²) in [5, 5.41) is 0. The Labute approximate surface area is 67.9 Å². The highest BCUT2D eigenvalue weighted by molar-refractivity contribution is 5.82. The predicted molar refractivity (Wildman–Crippen MR) is 43.5 cm³/mol. The molecule has 0 aromatic carbocycles. The Morgan fingerprint density at radius 3 is 2.64 bits per heavy atom. The van der Waals surface area contributed by atoms with Crippen molar-refractivity contribution in [2.45, 2.75) is 51.7 Å². The van der Waals surface area contributed by atoms with Crippen molar-refractivity contribution in [3.63, 3.8) is 0 Å². The van der Waals surface area contributed by atoms with E-state index in [1.165, 1.54) is 0 Å². The zero-order chi connectivity index (χ0) is 8.27. The molecule has 1 aliphatic heterocycles. The van der Waals surface area contributed by atoms with E-state index in [1.807, 2.05) is 6.92 Å². The van der Waals surface area contributed by atoms with E-state index in [2.05, 4.69) is 6.92 Å². The highest BCUT2D eigenvalue weighted by Gasteiger charge is 2.27. The monoisotopic (exact) mass is 156 g/mol. The standard InChI is InChI=1S/C9H16O2/c1-3-7-5-6-9(11-7)8(10)4-2/h7,9H,3-6H2,1-2H3. The van der Waals surface area contributed by atoms with E-state index in [0.717, 1.165) is 19.3 Å². The van der Waals surface area contributed by atoms with Crippen LogP contribution in [0.25, 0.3) is 0 Å². The van der Waals surface area contributed by atoms with Crippen LogP contribution in [0.15, 0.2) is 0 Å². The molecule has 0 bridgehead atoms. The minimum Gasteiger partial charge on any atom is -0.367 e. The van der Waals surface area contributed by atoms with Crippen LogP contribution in [0.4, 0.5) is 0 Å². The fraction of sp³-hybridized carbons (Fsp3) is 0.889. The van der Waals surface area contributed by atoms with E-state index in [1.54, 1.807) is 0 Å². The molecule has 64 valence electrons. The van der Waals surface area contributed by atoms with Gasteiger partial charge in [-0.3, -0.25) is 4.79 Å². The van der Waals surface area contributed by atoms with Gasteiger partial charge in [0.15, 0.2) is 5.78 Å². The quantitative estimate of drug-likeness (QED) is 0.624. The second-order valence-electron chi connectivity index (χ2n) is 3.05. The number of Topliss-reactive ketones (excluding diaryl/α,β-unsaturated/α-hetero) is 1. The van der Waals surface area contributed by atoms with Gasteiger partial charge in [0, 0.05) is 6.42 Å². The van der Waals surface area contributed by atoms with Crippen LogP contribution < -0.4 is 0 Å². The highest BCUT2D eigenvalue weighted by Crippen LogP contribution is 2.22. The van der Waals surface area contributed by atoms with Crippen molar-refractivity contribution in [1.29, 1.82) is 0 Å². The fourth-order valence-electron chi connectivity index (χ4n) is 1.47. The lowest BCUT2D eigenvalue weighted by molar-refractivity contribution is -0.129. The van der Waals surface area contributed by atoms with Crippen LogP contribution in [0.1, 0.15) is 39.5 Å². The Morgan fingerprint density at radius 2 is 2.18 bits per heavy atom. The number of rotatable bonds is 3. The van der Waals surface area contributed by atoms with Gasteiger partial charge < -0.3 is 4.74 Å². The van der Waals surface area contributed by atoms with Crippen LogP contribution in [-0.2, 0) is 9.53 Å². The summed E-state index contributed by atoms with van der Waals surface area (Å²) in [7, 11) is 0. The Bertz CT molecular complexity index is 142. The van der Waals surface area contributed by atoms with Crippen molar-refractivity contribution in [3.05, 3.63) is 0 Å². The van der Waals surface area contributed by atoms with E-state index in [9.17, 15) is 4.79 Å². The largest absolute Gasteiger partial charge is 0.367 e. The lowest BCUT2D eigenvalue weighted by atomic mass is 10.1. The minimum absolute atomic E-state index is 0.0788. The summed E-state index contributed by atoms with van der Waals surface area (Å²) in [6.45, 7) is 3.99. The first-order valence-corrected chi connectivity index (χ1v) is 4.46. The highest BCUT2D eigenvalue weighted by atomic mass is 16.5. The number of carbonyl (C=O) groups is 1. The maximum Gasteiger partial charge on any atom is 0.161 e. The van der Waals surface area contributed by atoms with Crippen LogP contribution in [0, 0.1) is 0 Å². The Kier molecular flexibility index (Phi) is 3.06. The van der Waals surface area contributed by atoms with Crippen LogP contribution in [0.2, 0.25) is 0 Å². The molecule has 11 heavy (non-hydrogen) atoms. The van der Waals surface area contributed by atoms with Crippen LogP contribution in [-0.4, -0.2) is 18.0 Å². The van der Waals surface area contributed by atoms with E-state index in [0.29, 0.717) is 12.5 Å². The molecule has 2 atom stereocenters. The molecule has 2 nitrogen and oxygen atoms in total. The molecule has 1 aliphatic rings. The SMILES string of the molecule is CCC(=O)C1CCC(CC)O1. The summed E-state index contributed by atoms with van der Waals surface area (Å²) < 4.78 is 5.51. The van der Waals surface area contributed by atoms with Crippen molar-refractivity contribution >= 4 is 5.78 Å². The second kappa shape index (κ2) is 3.86. The zero-order valence-corrected chi connectivity index (χ0v) is 7.30. The summed E-state index contributed by atoms with van der Waals surface area (Å²) in [5.74, 6) is 0.265. The molecule has 1 rings (SSSR count). The zero-order valence-electron chi connectivity index (χ0n) is 7.30. The molecule has 1 fully saturated rings. The average molecular weight is 156 g/mol. The molecule has 0 aromatic heterocycles. The molecule has 0 saturated carbocycles. The lowest BCUT2D eigenvalue weighted by Crippen LogP contribution is -2.19. The first kappa shape index (κ1) is 8.72. The predicted octanol–water partition coefficient (Wildman–Crippen LogP) is 1.92. The van der Waals surface area contributed by atoms with Gasteiger partial charge in [0.05, 0.1) is 6.10 Å². The van der Waals surface area contributed by atoms with Crippen molar-refractivity contribution in [2.24, 2.45) is 0 Å². The summed E-state index contributed by atoms with van der Waals surface area (Å²) in [4.78, 5) is 11.2. The van der Waals surface area contributed by atoms with Gasteiger partial charge in [-0.2, -0.15) is 0 Å². The Hall–Kier alpha value is -0.370. The normalized spacial score (nSPS) is 30.7. The van der Waals surface area contributed by atoms with Gasteiger partial charge in [0.1, 0.15) is 6.10 Å². The third-order valence-corrected chi connectivity index (χ3v) is 2.27. The van der Waals surface area contributed by atoms with E-state index in [-0.39, 0.29) is 11.9 Å². The fourth-order valence-corrected chi connectivity index (χ4v) is 1.47. The molecule has 0 spiro atoms. The Balaban J connectivity index is 2.35. The third kappa shape index (κ3) is 2.03. The van der Waals surface area contributed by atoms with E-state index < -0.39 is 0 Å². The van der Waals surface area contributed by atoms with Gasteiger partial charge >= 0.3 is 0 Å². The van der Waals surface area contributed by atoms with Crippen molar-refractivity contribution in [3.8, 4) is 0 Å². The molecular weight excluding hydrogens is 140 g/mol. The second-order valence-corrected chi connectivity index (χ2v) is 3.05. The Morgan fingerprint density at radius 1 is 1.45 bits per heavy atom. The summed E-state index contributed by atoms with van der Waals surface area (Å²) in [6, 6.07) is 0. The van der Waals surface area contributed by atoms with E-state index >= 15 is 0 Å². The van der Waals surface area contributed by atoms with Gasteiger partial charge in [-0.25, -0.2) is 0 Å². The number of hydrogen-bond acceptors (Lipinski definition) is 2. The minimum atomic E-state index is -0.0788. The lowest BCUT2D eigenvalue weighted by Gasteiger charge is -2.09. The maximum atomic E-state index is 11.2. The number of ketones is 1. The van der Waals surface area contributed by atoms with E-state index in [4.69, 9.17) is 4.74 Å². The topological polar surface area (TPSA) is 26.3 Å². The maximum absolute atomic E-state index is 11.2. The van der Waals surface area contributed by atoms with Gasteiger partial charge in [-0.1, -0.05) is 13.8 Å². The molecule has 0 N–H and O–H groups in total. The number of ether oxygens (including phenoxy) is 1. The molecule has 0 radical (unpaired) electrons. The van der Waals surface area contributed by atoms with Crippen LogP contribution in [0.3, 0.4) is 0 Å². The first-order chi connectivity index (χ1) is 5.27. The molecule has 2 heteroatoms.